The lowest BCUT2D eigenvalue weighted by molar-refractivity contribution is -0.114. The molecule has 0 atom stereocenters. The molecule has 1 amide bonds. The molecule has 0 aliphatic rings. The fourth-order valence-electron chi connectivity index (χ4n) is 2.23. The van der Waals surface area contributed by atoms with E-state index in [9.17, 15) is 13.6 Å². The van der Waals surface area contributed by atoms with Gasteiger partial charge in [0.1, 0.15) is 6.07 Å². The number of carbonyl (C=O) groups is 1. The lowest BCUT2D eigenvalue weighted by atomic mass is 10.1. The van der Waals surface area contributed by atoms with Gasteiger partial charge in [0.2, 0.25) is 0 Å². The van der Waals surface area contributed by atoms with E-state index in [2.05, 4.69) is 28.5 Å². The van der Waals surface area contributed by atoms with Gasteiger partial charge in [0, 0.05) is 18.8 Å². The van der Waals surface area contributed by atoms with Crippen LogP contribution in [-0.2, 0) is 4.79 Å². The Hall–Kier alpha value is -3.40. The Bertz CT molecular complexity index is 934. The second kappa shape index (κ2) is 9.34. The predicted octanol–water partition coefficient (Wildman–Crippen LogP) is 4.42. The molecule has 5 nitrogen and oxygen atoms in total. The number of aryl methyl sites for hydroxylation is 1. The fraction of sp³-hybridized carbons (Fsp3) is 0.200. The van der Waals surface area contributed by atoms with Gasteiger partial charge in [0.15, 0.2) is 11.7 Å². The van der Waals surface area contributed by atoms with Crippen molar-refractivity contribution in [2.75, 3.05) is 12.4 Å². The molecule has 0 aromatic carbocycles. The number of halogens is 2. The number of hydrogen-bond donors (Lipinski definition) is 1. The van der Waals surface area contributed by atoms with Crippen LogP contribution >= 0.6 is 0 Å². The van der Waals surface area contributed by atoms with Gasteiger partial charge in [-0.3, -0.25) is 14.8 Å². The van der Waals surface area contributed by atoms with Gasteiger partial charge in [-0.1, -0.05) is 19.2 Å². The molecule has 0 fully saturated rings. The van der Waals surface area contributed by atoms with Gasteiger partial charge in [0.25, 0.3) is 5.91 Å². The quantitative estimate of drug-likeness (QED) is 0.457. The van der Waals surface area contributed by atoms with Crippen LogP contribution in [0.15, 0.2) is 59.3 Å². The second-order valence-corrected chi connectivity index (χ2v) is 5.64. The van der Waals surface area contributed by atoms with Crippen molar-refractivity contribution in [3.63, 3.8) is 0 Å². The minimum Gasteiger partial charge on any atom is -0.318 e. The SMILES string of the molecule is C=CC(/C=C(\F)C(=O)Nc1c(C)ncc(C#N)c1C)=C(/F)C(=NC)C(=C)C. The summed E-state index contributed by atoms with van der Waals surface area (Å²) in [6.45, 7) is 11.8. The average molecular weight is 370 g/mol. The first-order valence-electron chi connectivity index (χ1n) is 7.87. The summed E-state index contributed by atoms with van der Waals surface area (Å²) in [6.07, 6.45) is 3.16. The molecule has 27 heavy (non-hydrogen) atoms. The minimum absolute atomic E-state index is 0.0491. The molecule has 0 unspecified atom stereocenters. The predicted molar refractivity (Wildman–Crippen MR) is 103 cm³/mol. The summed E-state index contributed by atoms with van der Waals surface area (Å²) in [5.74, 6) is -3.18. The third-order valence-corrected chi connectivity index (χ3v) is 3.70. The number of aromatic nitrogens is 1. The standard InChI is InChI=1S/C20H20F2N4O/c1-7-14(17(22)18(24-6)11(2)3)8-16(21)20(27)26-19-12(4)15(9-23)10-25-13(19)5/h7-8,10H,1-2H2,3-6H3,(H,26,27)/b16-8-,17-14-,24-18?. The van der Waals surface area contributed by atoms with E-state index >= 15 is 0 Å². The molecule has 1 aromatic heterocycles. The lowest BCUT2D eigenvalue weighted by Crippen LogP contribution is -2.15. The van der Waals surface area contributed by atoms with Crippen LogP contribution in [0.4, 0.5) is 14.5 Å². The molecule has 1 heterocycles. The number of hydrogen-bond acceptors (Lipinski definition) is 4. The van der Waals surface area contributed by atoms with Crippen LogP contribution in [0.2, 0.25) is 0 Å². The number of rotatable bonds is 6. The monoisotopic (exact) mass is 370 g/mol. The van der Waals surface area contributed by atoms with Crippen LogP contribution in [-0.4, -0.2) is 23.7 Å². The van der Waals surface area contributed by atoms with Crippen LogP contribution in [0.1, 0.15) is 23.7 Å². The van der Waals surface area contributed by atoms with E-state index in [4.69, 9.17) is 5.26 Å². The van der Waals surface area contributed by atoms with Crippen LogP contribution in [0.25, 0.3) is 0 Å². The molecule has 1 N–H and O–H groups in total. The van der Waals surface area contributed by atoms with Gasteiger partial charge in [-0.2, -0.15) is 5.26 Å². The van der Waals surface area contributed by atoms with Gasteiger partial charge in [0.05, 0.1) is 22.7 Å². The molecule has 0 saturated heterocycles. The highest BCUT2D eigenvalue weighted by Crippen LogP contribution is 2.23. The van der Waals surface area contributed by atoms with Gasteiger partial charge in [-0.05, 0) is 38.0 Å². The highest BCUT2D eigenvalue weighted by Gasteiger charge is 2.17. The maximum Gasteiger partial charge on any atom is 0.284 e. The first kappa shape index (κ1) is 21.6. The van der Waals surface area contributed by atoms with Crippen molar-refractivity contribution < 1.29 is 13.6 Å². The molecule has 1 rings (SSSR count). The summed E-state index contributed by atoms with van der Waals surface area (Å²) in [7, 11) is 1.37. The Balaban J connectivity index is 3.28. The number of nitrogens with one attached hydrogen (secondary N) is 1. The number of carbonyl (C=O) groups excluding carboxylic acids is 1. The third-order valence-electron chi connectivity index (χ3n) is 3.70. The van der Waals surface area contributed by atoms with E-state index in [-0.39, 0.29) is 22.5 Å². The van der Waals surface area contributed by atoms with Crippen molar-refractivity contribution in [3.05, 3.63) is 71.1 Å². The number of allylic oxidation sites excluding steroid dienone is 5. The van der Waals surface area contributed by atoms with E-state index < -0.39 is 17.6 Å². The number of pyridine rings is 1. The van der Waals surface area contributed by atoms with Crippen molar-refractivity contribution in [2.45, 2.75) is 20.8 Å². The summed E-state index contributed by atoms with van der Waals surface area (Å²) in [6, 6.07) is 1.94. The Morgan fingerprint density at radius 1 is 1.41 bits per heavy atom. The van der Waals surface area contributed by atoms with Gasteiger partial charge in [-0.15, -0.1) is 0 Å². The molecule has 0 radical (unpaired) electrons. The Morgan fingerprint density at radius 3 is 2.52 bits per heavy atom. The molecular formula is C20H20F2N4O. The van der Waals surface area contributed by atoms with Crippen molar-refractivity contribution in [3.8, 4) is 6.07 Å². The van der Waals surface area contributed by atoms with Gasteiger partial charge < -0.3 is 5.32 Å². The Labute approximate surface area is 157 Å². The molecular weight excluding hydrogens is 350 g/mol. The largest absolute Gasteiger partial charge is 0.318 e. The third kappa shape index (κ3) is 5.05. The topological polar surface area (TPSA) is 78.1 Å². The molecule has 0 bridgehead atoms. The molecule has 0 saturated carbocycles. The Kier molecular flexibility index (Phi) is 7.49. The summed E-state index contributed by atoms with van der Waals surface area (Å²) < 4.78 is 28.8. The molecule has 140 valence electrons. The fourth-order valence-corrected chi connectivity index (χ4v) is 2.23. The van der Waals surface area contributed by atoms with Crippen molar-refractivity contribution in [1.29, 1.82) is 5.26 Å². The number of amides is 1. The molecule has 0 spiro atoms. The van der Waals surface area contributed by atoms with Gasteiger partial charge >= 0.3 is 0 Å². The zero-order chi connectivity index (χ0) is 20.7. The second-order valence-electron chi connectivity index (χ2n) is 5.64. The van der Waals surface area contributed by atoms with Crippen LogP contribution in [0, 0.1) is 25.2 Å². The van der Waals surface area contributed by atoms with E-state index in [0.29, 0.717) is 16.8 Å². The smallest absolute Gasteiger partial charge is 0.284 e. The first-order valence-corrected chi connectivity index (χ1v) is 7.87. The maximum absolute atomic E-state index is 14.5. The normalized spacial score (nSPS) is 12.8. The number of nitrogens with zero attached hydrogens (tertiary/aromatic N) is 3. The molecule has 0 aliphatic heterocycles. The van der Waals surface area contributed by atoms with Crippen LogP contribution in [0.5, 0.6) is 0 Å². The lowest BCUT2D eigenvalue weighted by Gasteiger charge is -2.11. The van der Waals surface area contributed by atoms with E-state index in [0.717, 1.165) is 12.2 Å². The molecule has 7 heteroatoms. The van der Waals surface area contributed by atoms with Crippen molar-refractivity contribution in [1.82, 2.24) is 4.98 Å². The number of aliphatic imine (C=N–C) groups is 1. The van der Waals surface area contributed by atoms with Crippen molar-refractivity contribution in [2.24, 2.45) is 4.99 Å². The average Bonchev–Trinajstić information content (AvgIpc) is 2.62. The summed E-state index contributed by atoms with van der Waals surface area (Å²) >= 11 is 0. The van der Waals surface area contributed by atoms with E-state index in [1.54, 1.807) is 20.8 Å². The highest BCUT2D eigenvalue weighted by molar-refractivity contribution is 6.11. The van der Waals surface area contributed by atoms with Crippen molar-refractivity contribution >= 4 is 17.3 Å². The zero-order valence-corrected chi connectivity index (χ0v) is 15.7. The van der Waals surface area contributed by atoms with Crippen LogP contribution < -0.4 is 5.32 Å². The van der Waals surface area contributed by atoms with Gasteiger partial charge in [-0.25, -0.2) is 8.78 Å². The Morgan fingerprint density at radius 2 is 2.04 bits per heavy atom. The highest BCUT2D eigenvalue weighted by atomic mass is 19.1. The molecule has 0 aliphatic carbocycles. The first-order chi connectivity index (χ1) is 12.7. The summed E-state index contributed by atoms with van der Waals surface area (Å²) in [5, 5.41) is 11.4. The minimum atomic E-state index is -1.24. The number of anilines is 1. The molecule has 1 aromatic rings. The van der Waals surface area contributed by atoms with E-state index in [1.165, 1.54) is 13.2 Å². The van der Waals surface area contributed by atoms with Crippen LogP contribution in [0.3, 0.4) is 0 Å². The summed E-state index contributed by atoms with van der Waals surface area (Å²) in [5.41, 5.74) is 1.41. The zero-order valence-electron chi connectivity index (χ0n) is 15.7. The van der Waals surface area contributed by atoms with E-state index in [1.807, 2.05) is 6.07 Å². The summed E-state index contributed by atoms with van der Waals surface area (Å²) in [4.78, 5) is 19.9. The number of nitriles is 1. The maximum atomic E-state index is 14.5.